The van der Waals surface area contributed by atoms with Gasteiger partial charge in [-0.05, 0) is 55.6 Å². The molecule has 0 heterocycles. The average Bonchev–Trinajstić information content (AvgIpc) is 2.35. The minimum Gasteiger partial charge on any atom is -0.493 e. The molecule has 0 aromatic heterocycles. The summed E-state index contributed by atoms with van der Waals surface area (Å²) in [4.78, 5) is 0. The maximum absolute atomic E-state index is 5.89. The predicted octanol–water partition coefficient (Wildman–Crippen LogP) is 4.34. The fourth-order valence-electron chi connectivity index (χ4n) is 1.81. The van der Waals surface area contributed by atoms with Crippen LogP contribution in [0, 0.1) is 0 Å². The quantitative estimate of drug-likeness (QED) is 0.721. The molecular formula is C15H24BrNO. The molecule has 3 heteroatoms. The van der Waals surface area contributed by atoms with Crippen LogP contribution >= 0.6 is 15.9 Å². The Morgan fingerprint density at radius 1 is 1.28 bits per heavy atom. The number of halogens is 1. The normalized spacial score (nSPS) is 10.9. The number of benzene rings is 1. The van der Waals surface area contributed by atoms with Gasteiger partial charge in [0, 0.05) is 4.47 Å². The Balaban J connectivity index is 2.42. The maximum atomic E-state index is 5.89. The molecule has 0 amide bonds. The number of unbranched alkanes of at least 4 members (excludes halogenated alkanes) is 1. The molecule has 1 rings (SSSR count). The third-order valence-corrected chi connectivity index (χ3v) is 3.34. The van der Waals surface area contributed by atoms with E-state index in [2.05, 4.69) is 54.2 Å². The van der Waals surface area contributed by atoms with Crippen LogP contribution < -0.4 is 10.1 Å². The van der Waals surface area contributed by atoms with Crippen molar-refractivity contribution in [3.05, 3.63) is 28.2 Å². The third-order valence-electron chi connectivity index (χ3n) is 2.85. The second-order valence-corrected chi connectivity index (χ2v) is 5.66. The third kappa shape index (κ3) is 5.40. The smallest absolute Gasteiger partial charge is 0.122 e. The Hall–Kier alpha value is -0.540. The Labute approximate surface area is 119 Å². The van der Waals surface area contributed by atoms with Crippen molar-refractivity contribution in [1.29, 1.82) is 0 Å². The molecule has 0 unspecified atom stereocenters. The van der Waals surface area contributed by atoms with Crippen LogP contribution in [0.5, 0.6) is 5.75 Å². The summed E-state index contributed by atoms with van der Waals surface area (Å²) >= 11 is 3.51. The van der Waals surface area contributed by atoms with E-state index in [4.69, 9.17) is 4.74 Å². The van der Waals surface area contributed by atoms with E-state index < -0.39 is 0 Å². The molecule has 1 N–H and O–H groups in total. The first-order chi connectivity index (χ1) is 8.65. The van der Waals surface area contributed by atoms with E-state index in [1.54, 1.807) is 0 Å². The highest BCUT2D eigenvalue weighted by molar-refractivity contribution is 9.10. The van der Waals surface area contributed by atoms with E-state index in [9.17, 15) is 0 Å². The van der Waals surface area contributed by atoms with Gasteiger partial charge in [-0.15, -0.1) is 0 Å². The highest BCUT2D eigenvalue weighted by Crippen LogP contribution is 2.29. The molecule has 0 saturated carbocycles. The van der Waals surface area contributed by atoms with Crippen molar-refractivity contribution in [2.75, 3.05) is 19.7 Å². The van der Waals surface area contributed by atoms with Crippen LogP contribution in [0.15, 0.2) is 22.7 Å². The zero-order valence-electron chi connectivity index (χ0n) is 11.6. The van der Waals surface area contributed by atoms with Crippen molar-refractivity contribution in [2.24, 2.45) is 0 Å². The second kappa shape index (κ2) is 8.54. The second-order valence-electron chi connectivity index (χ2n) is 4.75. The first-order valence-corrected chi connectivity index (χ1v) is 7.57. The van der Waals surface area contributed by atoms with E-state index in [-0.39, 0.29) is 0 Å². The van der Waals surface area contributed by atoms with E-state index in [1.807, 2.05) is 6.07 Å². The topological polar surface area (TPSA) is 21.3 Å². The van der Waals surface area contributed by atoms with Gasteiger partial charge in [0.25, 0.3) is 0 Å². The summed E-state index contributed by atoms with van der Waals surface area (Å²) in [6, 6.07) is 6.25. The molecule has 2 nitrogen and oxygen atoms in total. The van der Waals surface area contributed by atoms with Gasteiger partial charge in [-0.1, -0.05) is 36.7 Å². The minimum atomic E-state index is 0.485. The Bertz CT molecular complexity index is 352. The molecule has 0 spiro atoms. The summed E-state index contributed by atoms with van der Waals surface area (Å²) in [5, 5.41) is 3.32. The van der Waals surface area contributed by atoms with Gasteiger partial charge in [0.15, 0.2) is 0 Å². The molecule has 0 aliphatic rings. The summed E-state index contributed by atoms with van der Waals surface area (Å²) in [5.41, 5.74) is 1.27. The Morgan fingerprint density at radius 3 is 2.72 bits per heavy atom. The standard InChI is InChI=1S/C15H24BrNO/c1-4-17-9-5-6-10-18-15-8-7-13(16)11-14(15)12(2)3/h7-8,11-12,17H,4-6,9-10H2,1-3H3. The lowest BCUT2D eigenvalue weighted by atomic mass is 10.0. The van der Waals surface area contributed by atoms with E-state index in [0.717, 1.165) is 36.3 Å². The number of ether oxygens (including phenoxy) is 1. The summed E-state index contributed by atoms with van der Waals surface area (Å²) in [7, 11) is 0. The summed E-state index contributed by atoms with van der Waals surface area (Å²) in [6.45, 7) is 9.45. The van der Waals surface area contributed by atoms with Crippen molar-refractivity contribution < 1.29 is 4.74 Å². The molecule has 0 radical (unpaired) electrons. The van der Waals surface area contributed by atoms with Crippen molar-refractivity contribution in [3.63, 3.8) is 0 Å². The van der Waals surface area contributed by atoms with Gasteiger partial charge in [-0.25, -0.2) is 0 Å². The molecule has 0 fully saturated rings. The lowest BCUT2D eigenvalue weighted by molar-refractivity contribution is 0.302. The van der Waals surface area contributed by atoms with Crippen molar-refractivity contribution >= 4 is 15.9 Å². The molecule has 18 heavy (non-hydrogen) atoms. The van der Waals surface area contributed by atoms with Crippen LogP contribution in [-0.4, -0.2) is 19.7 Å². The molecule has 0 aliphatic carbocycles. The molecule has 1 aromatic carbocycles. The van der Waals surface area contributed by atoms with Crippen LogP contribution in [0.3, 0.4) is 0 Å². The first kappa shape index (κ1) is 15.5. The molecular weight excluding hydrogens is 290 g/mol. The number of hydrogen-bond donors (Lipinski definition) is 1. The Morgan fingerprint density at radius 2 is 2.06 bits per heavy atom. The largest absolute Gasteiger partial charge is 0.493 e. The van der Waals surface area contributed by atoms with Crippen molar-refractivity contribution in [3.8, 4) is 5.75 Å². The first-order valence-electron chi connectivity index (χ1n) is 6.78. The van der Waals surface area contributed by atoms with Crippen LogP contribution in [0.2, 0.25) is 0 Å². The van der Waals surface area contributed by atoms with Crippen molar-refractivity contribution in [2.45, 2.75) is 39.5 Å². The molecule has 0 saturated heterocycles. The predicted molar refractivity (Wildman–Crippen MR) is 81.5 cm³/mol. The van der Waals surface area contributed by atoms with Gasteiger partial charge in [-0.2, -0.15) is 0 Å². The monoisotopic (exact) mass is 313 g/mol. The zero-order valence-corrected chi connectivity index (χ0v) is 13.2. The molecule has 1 aromatic rings. The van der Waals surface area contributed by atoms with E-state index in [1.165, 1.54) is 12.0 Å². The molecule has 102 valence electrons. The maximum Gasteiger partial charge on any atom is 0.122 e. The molecule has 0 bridgehead atoms. The number of rotatable bonds is 8. The van der Waals surface area contributed by atoms with Gasteiger partial charge in [0.1, 0.15) is 5.75 Å². The van der Waals surface area contributed by atoms with Gasteiger partial charge in [-0.3, -0.25) is 0 Å². The van der Waals surface area contributed by atoms with Gasteiger partial charge < -0.3 is 10.1 Å². The minimum absolute atomic E-state index is 0.485. The van der Waals surface area contributed by atoms with E-state index in [0.29, 0.717) is 5.92 Å². The van der Waals surface area contributed by atoms with Crippen molar-refractivity contribution in [1.82, 2.24) is 5.32 Å². The highest BCUT2D eigenvalue weighted by Gasteiger charge is 2.08. The summed E-state index contributed by atoms with van der Waals surface area (Å²) < 4.78 is 7.00. The lowest BCUT2D eigenvalue weighted by Crippen LogP contribution is -2.14. The fraction of sp³-hybridized carbons (Fsp3) is 0.600. The number of nitrogens with one attached hydrogen (secondary N) is 1. The van der Waals surface area contributed by atoms with Crippen LogP contribution in [0.1, 0.15) is 45.1 Å². The highest BCUT2D eigenvalue weighted by atomic mass is 79.9. The van der Waals surface area contributed by atoms with Gasteiger partial charge in [0.05, 0.1) is 6.61 Å². The van der Waals surface area contributed by atoms with Crippen LogP contribution in [0.25, 0.3) is 0 Å². The van der Waals surface area contributed by atoms with Crippen LogP contribution in [-0.2, 0) is 0 Å². The fourth-order valence-corrected chi connectivity index (χ4v) is 2.19. The average molecular weight is 314 g/mol. The molecule has 0 aliphatic heterocycles. The Kier molecular flexibility index (Phi) is 7.36. The zero-order chi connectivity index (χ0) is 13.4. The van der Waals surface area contributed by atoms with Crippen LogP contribution in [0.4, 0.5) is 0 Å². The SMILES string of the molecule is CCNCCCCOc1ccc(Br)cc1C(C)C. The summed E-state index contributed by atoms with van der Waals surface area (Å²) in [5.74, 6) is 1.51. The summed E-state index contributed by atoms with van der Waals surface area (Å²) in [6.07, 6.45) is 2.27. The lowest BCUT2D eigenvalue weighted by Gasteiger charge is -2.14. The van der Waals surface area contributed by atoms with E-state index >= 15 is 0 Å². The number of hydrogen-bond acceptors (Lipinski definition) is 2. The molecule has 0 atom stereocenters. The van der Waals surface area contributed by atoms with Gasteiger partial charge >= 0.3 is 0 Å². The van der Waals surface area contributed by atoms with Gasteiger partial charge in [0.2, 0.25) is 0 Å².